The van der Waals surface area contributed by atoms with Crippen molar-refractivity contribution in [2.75, 3.05) is 0 Å². The van der Waals surface area contributed by atoms with Crippen LogP contribution < -0.4 is 0 Å². The summed E-state index contributed by atoms with van der Waals surface area (Å²) < 4.78 is 35.2. The van der Waals surface area contributed by atoms with Crippen LogP contribution in [0.15, 0.2) is 12.2 Å². The highest BCUT2D eigenvalue weighted by atomic mass is 19.4. The van der Waals surface area contributed by atoms with Crippen molar-refractivity contribution in [1.29, 1.82) is 0 Å². The largest absolute Gasteiger partial charge is 0.392 e. The maximum absolute atomic E-state index is 11.7. The number of rotatable bonds is 0. The Balaban J connectivity index is 2.46. The Morgan fingerprint density at radius 2 is 1.56 bits per heavy atom. The van der Waals surface area contributed by atoms with E-state index in [-0.39, 0.29) is 12.8 Å². The van der Waals surface area contributed by atoms with Crippen LogP contribution in [0.3, 0.4) is 0 Å². The van der Waals surface area contributed by atoms with Gasteiger partial charge in [0.25, 0.3) is 0 Å². The van der Waals surface area contributed by atoms with E-state index in [1.165, 1.54) is 0 Å². The molecule has 0 unspecified atom stereocenters. The van der Waals surface area contributed by atoms with Gasteiger partial charge in [-0.15, -0.1) is 0 Å². The number of allylic oxidation sites excluding steroid dienone is 2. The first-order valence-electron chi connectivity index (χ1n) is 2.82. The highest BCUT2D eigenvalue weighted by molar-refractivity contribution is 4.96. The third-order valence-electron chi connectivity index (χ3n) is 1.47. The van der Waals surface area contributed by atoms with Crippen LogP contribution in [-0.2, 0) is 0 Å². The van der Waals surface area contributed by atoms with Crippen LogP contribution >= 0.6 is 0 Å². The van der Waals surface area contributed by atoms with E-state index in [0.29, 0.717) is 0 Å². The molecule has 0 heterocycles. The van der Waals surface area contributed by atoms with E-state index in [4.69, 9.17) is 0 Å². The van der Waals surface area contributed by atoms with Crippen molar-refractivity contribution in [3.63, 3.8) is 0 Å². The average molecular weight is 136 g/mol. The van der Waals surface area contributed by atoms with E-state index in [0.717, 1.165) is 0 Å². The lowest BCUT2D eigenvalue weighted by atomic mass is 10.1. The summed E-state index contributed by atoms with van der Waals surface area (Å²) >= 11 is 0. The SMILES string of the molecule is FC(F)(F)C1CC=CC1. The van der Waals surface area contributed by atoms with Crippen molar-refractivity contribution in [1.82, 2.24) is 0 Å². The molecule has 52 valence electrons. The van der Waals surface area contributed by atoms with Gasteiger partial charge in [0, 0.05) is 0 Å². The second-order valence-corrected chi connectivity index (χ2v) is 2.18. The summed E-state index contributed by atoms with van der Waals surface area (Å²) in [6.07, 6.45) is -0.479. The molecule has 9 heavy (non-hydrogen) atoms. The lowest BCUT2D eigenvalue weighted by Crippen LogP contribution is -2.19. The van der Waals surface area contributed by atoms with Gasteiger partial charge in [-0.3, -0.25) is 0 Å². The van der Waals surface area contributed by atoms with Gasteiger partial charge in [-0.1, -0.05) is 12.2 Å². The van der Waals surface area contributed by atoms with E-state index >= 15 is 0 Å². The summed E-state index contributed by atoms with van der Waals surface area (Å²) in [6, 6.07) is 0. The first-order chi connectivity index (χ1) is 4.11. The molecule has 0 atom stereocenters. The Bertz CT molecular complexity index is 115. The molecule has 0 spiro atoms. The van der Waals surface area contributed by atoms with Crippen molar-refractivity contribution < 1.29 is 13.2 Å². The standard InChI is InChI=1S/C6H7F3/c7-6(8,9)5-3-1-2-4-5/h1-2,5H,3-4H2. The molecule has 0 aromatic heterocycles. The Hall–Kier alpha value is -0.470. The van der Waals surface area contributed by atoms with Gasteiger partial charge in [0.2, 0.25) is 0 Å². The van der Waals surface area contributed by atoms with Gasteiger partial charge in [-0.2, -0.15) is 13.2 Å². The maximum Gasteiger partial charge on any atom is 0.392 e. The van der Waals surface area contributed by atoms with E-state index in [1.54, 1.807) is 12.2 Å². The van der Waals surface area contributed by atoms with Crippen molar-refractivity contribution in [2.45, 2.75) is 19.0 Å². The Labute approximate surface area is 51.4 Å². The summed E-state index contributed by atoms with van der Waals surface area (Å²) in [5, 5.41) is 0. The topological polar surface area (TPSA) is 0 Å². The molecular weight excluding hydrogens is 129 g/mol. The summed E-state index contributed by atoms with van der Waals surface area (Å²) in [7, 11) is 0. The summed E-state index contributed by atoms with van der Waals surface area (Å²) in [6.45, 7) is 0. The minimum Gasteiger partial charge on any atom is -0.171 e. The third-order valence-corrected chi connectivity index (χ3v) is 1.47. The first-order valence-corrected chi connectivity index (χ1v) is 2.82. The first kappa shape index (κ1) is 6.65. The van der Waals surface area contributed by atoms with E-state index < -0.39 is 12.1 Å². The predicted octanol–water partition coefficient (Wildman–Crippen LogP) is 2.51. The fourth-order valence-electron chi connectivity index (χ4n) is 0.884. The Morgan fingerprint density at radius 3 is 1.78 bits per heavy atom. The molecule has 1 aliphatic rings. The van der Waals surface area contributed by atoms with Crippen molar-refractivity contribution in [3.8, 4) is 0 Å². The van der Waals surface area contributed by atoms with Crippen LogP contribution in [0.4, 0.5) is 13.2 Å². The molecule has 0 nitrogen and oxygen atoms in total. The summed E-state index contributed by atoms with van der Waals surface area (Å²) in [5.74, 6) is -1.10. The van der Waals surface area contributed by atoms with Gasteiger partial charge in [0.15, 0.2) is 0 Å². The van der Waals surface area contributed by atoms with Gasteiger partial charge in [0.1, 0.15) is 0 Å². The van der Waals surface area contributed by atoms with Crippen LogP contribution in [0, 0.1) is 5.92 Å². The lowest BCUT2D eigenvalue weighted by Gasteiger charge is -2.12. The zero-order chi connectivity index (χ0) is 6.91. The monoisotopic (exact) mass is 136 g/mol. The predicted molar refractivity (Wildman–Crippen MR) is 27.9 cm³/mol. The third kappa shape index (κ3) is 1.47. The average Bonchev–Trinajstić information content (AvgIpc) is 2.08. The molecule has 0 saturated heterocycles. The zero-order valence-corrected chi connectivity index (χ0v) is 4.78. The molecule has 0 aromatic carbocycles. The van der Waals surface area contributed by atoms with Gasteiger partial charge in [-0.25, -0.2) is 0 Å². The lowest BCUT2D eigenvalue weighted by molar-refractivity contribution is -0.170. The molecule has 0 N–H and O–H groups in total. The smallest absolute Gasteiger partial charge is 0.171 e. The highest BCUT2D eigenvalue weighted by Gasteiger charge is 2.38. The molecule has 0 fully saturated rings. The molecular formula is C6H7F3. The normalized spacial score (nSPS) is 21.2. The molecule has 0 bridgehead atoms. The van der Waals surface area contributed by atoms with Gasteiger partial charge >= 0.3 is 6.18 Å². The number of hydrogen-bond donors (Lipinski definition) is 0. The molecule has 0 amide bonds. The van der Waals surface area contributed by atoms with Crippen LogP contribution in [0.25, 0.3) is 0 Å². The number of alkyl halides is 3. The minimum atomic E-state index is -3.98. The Kier molecular flexibility index (Phi) is 1.51. The van der Waals surface area contributed by atoms with E-state index in [1.807, 2.05) is 0 Å². The van der Waals surface area contributed by atoms with Crippen molar-refractivity contribution >= 4 is 0 Å². The van der Waals surface area contributed by atoms with Gasteiger partial charge < -0.3 is 0 Å². The molecule has 1 rings (SSSR count). The fourth-order valence-corrected chi connectivity index (χ4v) is 0.884. The molecule has 0 radical (unpaired) electrons. The summed E-state index contributed by atoms with van der Waals surface area (Å²) in [5.41, 5.74) is 0. The number of hydrogen-bond acceptors (Lipinski definition) is 0. The van der Waals surface area contributed by atoms with Crippen molar-refractivity contribution in [3.05, 3.63) is 12.2 Å². The second-order valence-electron chi connectivity index (χ2n) is 2.18. The molecule has 1 aliphatic carbocycles. The molecule has 0 aromatic rings. The highest BCUT2D eigenvalue weighted by Crippen LogP contribution is 2.34. The Morgan fingerprint density at radius 1 is 1.11 bits per heavy atom. The number of halogens is 3. The molecule has 3 heteroatoms. The fraction of sp³-hybridized carbons (Fsp3) is 0.667. The van der Waals surface area contributed by atoms with E-state index in [2.05, 4.69) is 0 Å². The second kappa shape index (κ2) is 2.05. The minimum absolute atomic E-state index is 0.170. The van der Waals surface area contributed by atoms with Crippen LogP contribution in [-0.4, -0.2) is 6.18 Å². The quantitative estimate of drug-likeness (QED) is 0.449. The molecule has 0 saturated carbocycles. The van der Waals surface area contributed by atoms with E-state index in [9.17, 15) is 13.2 Å². The van der Waals surface area contributed by atoms with Crippen LogP contribution in [0.2, 0.25) is 0 Å². The maximum atomic E-state index is 11.7. The molecule has 0 aliphatic heterocycles. The van der Waals surface area contributed by atoms with Gasteiger partial charge in [0.05, 0.1) is 5.92 Å². The summed E-state index contributed by atoms with van der Waals surface area (Å²) in [4.78, 5) is 0. The van der Waals surface area contributed by atoms with Crippen LogP contribution in [0.1, 0.15) is 12.8 Å². The zero-order valence-electron chi connectivity index (χ0n) is 4.78. The van der Waals surface area contributed by atoms with Crippen LogP contribution in [0.5, 0.6) is 0 Å². The van der Waals surface area contributed by atoms with Gasteiger partial charge in [-0.05, 0) is 12.8 Å². The van der Waals surface area contributed by atoms with Crippen molar-refractivity contribution in [2.24, 2.45) is 5.92 Å².